The van der Waals surface area contributed by atoms with Crippen LogP contribution in [0.25, 0.3) is 0 Å². The fourth-order valence-electron chi connectivity index (χ4n) is 12.9. The summed E-state index contributed by atoms with van der Waals surface area (Å²) in [5, 5.41) is 19.5. The van der Waals surface area contributed by atoms with Crippen LogP contribution < -0.4 is 16.4 Å². The fraction of sp³-hybridized carbons (Fsp3) is 0.932. The van der Waals surface area contributed by atoms with Gasteiger partial charge in [0.2, 0.25) is 11.8 Å². The van der Waals surface area contributed by atoms with Gasteiger partial charge in [0.05, 0.1) is 25.4 Å². The van der Waals surface area contributed by atoms with E-state index in [9.17, 15) is 19.5 Å². The summed E-state index contributed by atoms with van der Waals surface area (Å²) in [6.45, 7) is 9.48. The van der Waals surface area contributed by atoms with E-state index < -0.39 is 30.2 Å². The number of amides is 2. The summed E-state index contributed by atoms with van der Waals surface area (Å²) in [5.74, 6) is 1.45. The minimum Gasteiger partial charge on any atom is -0.467 e. The molecule has 7 rings (SSSR count). The van der Waals surface area contributed by atoms with Crippen LogP contribution in [0.4, 0.5) is 0 Å². The van der Waals surface area contributed by atoms with Crippen LogP contribution in [0.2, 0.25) is 0 Å². The molecule has 7 fully saturated rings. The highest BCUT2D eigenvalue weighted by molar-refractivity contribution is 5.86. The Bertz CT molecular complexity index is 1340. The van der Waals surface area contributed by atoms with Gasteiger partial charge < -0.3 is 35.8 Å². The Labute approximate surface area is 337 Å². The largest absolute Gasteiger partial charge is 0.467 e. The van der Waals surface area contributed by atoms with E-state index in [1.54, 1.807) is 14.0 Å². The Hall–Kier alpha value is -1.83. The molecule has 0 aromatic rings. The Morgan fingerprint density at radius 1 is 0.982 bits per heavy atom. The molecule has 12 heteroatoms. The number of nitrogens with two attached hydrogens (primary N) is 1. The number of aliphatic hydroxyl groups excluding tert-OH is 1. The lowest BCUT2D eigenvalue weighted by molar-refractivity contribution is -0.186. The number of fused-ring (bicyclic) bond motifs is 2. The first kappa shape index (κ1) is 43.7. The first-order valence-electron chi connectivity index (χ1n) is 22.4. The second-order valence-corrected chi connectivity index (χ2v) is 20.0. The topological polar surface area (TPSA) is 156 Å². The van der Waals surface area contributed by atoms with Gasteiger partial charge in [-0.05, 0) is 113 Å². The van der Waals surface area contributed by atoms with Crippen molar-refractivity contribution in [2.24, 2.45) is 64.4 Å². The first-order chi connectivity index (χ1) is 26.7. The number of carbonyl (C=O) groups is 3. The van der Waals surface area contributed by atoms with Crippen LogP contribution in [0.15, 0.2) is 0 Å². The fourth-order valence-corrected chi connectivity index (χ4v) is 12.9. The van der Waals surface area contributed by atoms with Crippen LogP contribution in [-0.4, -0.2) is 117 Å². The van der Waals surface area contributed by atoms with Gasteiger partial charge >= 0.3 is 5.97 Å². The van der Waals surface area contributed by atoms with Crippen molar-refractivity contribution in [1.29, 1.82) is 0 Å². The number of aliphatic hydroxyl groups is 1. The number of carbonyl (C=O) groups excluding carboxylic acids is 3. The number of esters is 1. The molecule has 0 spiro atoms. The maximum Gasteiger partial charge on any atom is 0.328 e. The third-order valence-electron chi connectivity index (χ3n) is 16.3. The van der Waals surface area contributed by atoms with Crippen molar-refractivity contribution in [1.82, 2.24) is 20.6 Å². The zero-order valence-corrected chi connectivity index (χ0v) is 35.9. The highest BCUT2D eigenvalue weighted by atomic mass is 16.7. The SMILES string of the molecule is COC(=O)[C@H](CC1CCCCC1)NC(=O)C1CC(C2CCCC(CN3O[C@@H](CN)[C@@H]([C@H](C)O)[C@H]3C(=O)NC3C[C@H]4C[C@@H]([C@@H]3C)C4(C)C)C2OC)CC(N(C)C)C1. The molecule has 15 atom stereocenters. The van der Waals surface area contributed by atoms with Gasteiger partial charge in [-0.2, -0.15) is 5.06 Å². The van der Waals surface area contributed by atoms with Crippen LogP contribution in [0.5, 0.6) is 0 Å². The Balaban J connectivity index is 1.16. The molecule has 7 aliphatic rings. The van der Waals surface area contributed by atoms with Gasteiger partial charge in [-0.15, -0.1) is 0 Å². The molecule has 5 N–H and O–H groups in total. The zero-order valence-electron chi connectivity index (χ0n) is 35.9. The van der Waals surface area contributed by atoms with E-state index >= 15 is 0 Å². The number of hydrogen-bond donors (Lipinski definition) is 4. The summed E-state index contributed by atoms with van der Waals surface area (Å²) in [6, 6.07) is -0.943. The second-order valence-electron chi connectivity index (χ2n) is 20.0. The molecule has 56 heavy (non-hydrogen) atoms. The van der Waals surface area contributed by atoms with E-state index in [-0.39, 0.29) is 66.2 Å². The number of hydroxylamine groups is 2. The van der Waals surface area contributed by atoms with Gasteiger partial charge in [0.1, 0.15) is 12.1 Å². The van der Waals surface area contributed by atoms with E-state index in [2.05, 4.69) is 50.4 Å². The monoisotopic (exact) mass is 788 g/mol. The van der Waals surface area contributed by atoms with E-state index in [0.29, 0.717) is 42.1 Å². The first-order valence-corrected chi connectivity index (χ1v) is 22.4. The lowest BCUT2D eigenvalue weighted by atomic mass is 9.45. The van der Waals surface area contributed by atoms with Crippen molar-refractivity contribution in [3.63, 3.8) is 0 Å². The Morgan fingerprint density at radius 3 is 2.32 bits per heavy atom. The number of rotatable bonds is 14. The van der Waals surface area contributed by atoms with E-state index in [4.69, 9.17) is 20.0 Å². The van der Waals surface area contributed by atoms with E-state index in [1.165, 1.54) is 32.8 Å². The van der Waals surface area contributed by atoms with Crippen molar-refractivity contribution < 1.29 is 33.8 Å². The smallest absolute Gasteiger partial charge is 0.328 e. The van der Waals surface area contributed by atoms with E-state index in [0.717, 1.165) is 57.8 Å². The van der Waals surface area contributed by atoms with Crippen molar-refractivity contribution in [2.75, 3.05) is 41.4 Å². The van der Waals surface area contributed by atoms with Crippen molar-refractivity contribution in [2.45, 2.75) is 160 Å². The zero-order chi connectivity index (χ0) is 40.5. The van der Waals surface area contributed by atoms with Gasteiger partial charge in [0.15, 0.2) is 0 Å². The van der Waals surface area contributed by atoms with Crippen LogP contribution in [0.1, 0.15) is 118 Å². The van der Waals surface area contributed by atoms with Crippen molar-refractivity contribution in [3.05, 3.63) is 0 Å². The van der Waals surface area contributed by atoms with Crippen LogP contribution in [0, 0.1) is 58.7 Å². The Kier molecular flexibility index (Phi) is 14.5. The standard InChI is InChI=1S/C44H77N5O7/c1-25-34-21-31(44(34,3)4)22-35(25)46-42(52)39-38(26(2)50)37(23-45)56-49(39)24-28-15-12-16-33(40(28)54-7)29-18-30(20-32(19-29)48(5)6)41(51)47-36(43(53)55-8)17-27-13-10-9-11-14-27/h25-40,50H,9-24,45H2,1-8H3,(H,46,52)(H,47,51)/t25-,26-,28?,29?,30?,31+,32?,33?,34-,35?,36-,37-,38+,39-,40?/m0/s1. The molecule has 1 heterocycles. The molecule has 12 nitrogen and oxygen atoms in total. The lowest BCUT2D eigenvalue weighted by Crippen LogP contribution is -2.62. The molecule has 1 aliphatic heterocycles. The minimum absolute atomic E-state index is 0.0430. The van der Waals surface area contributed by atoms with Gasteiger partial charge in [-0.25, -0.2) is 4.79 Å². The highest BCUT2D eigenvalue weighted by Gasteiger charge is 2.58. The number of hydrogen-bond acceptors (Lipinski definition) is 10. The van der Waals surface area contributed by atoms with Crippen LogP contribution in [0.3, 0.4) is 0 Å². The van der Waals surface area contributed by atoms with Gasteiger partial charge in [-0.3, -0.25) is 14.4 Å². The number of nitrogens with one attached hydrogen (secondary N) is 2. The van der Waals surface area contributed by atoms with Crippen LogP contribution in [-0.2, 0) is 28.7 Å². The molecule has 0 aromatic carbocycles. The third kappa shape index (κ3) is 9.15. The molecular weight excluding hydrogens is 711 g/mol. The van der Waals surface area contributed by atoms with Gasteiger partial charge in [0, 0.05) is 50.0 Å². The molecule has 320 valence electrons. The van der Waals surface area contributed by atoms with E-state index in [1.807, 2.05) is 5.06 Å². The average Bonchev–Trinajstić information content (AvgIpc) is 3.56. The van der Waals surface area contributed by atoms with Gasteiger partial charge in [0.25, 0.3) is 0 Å². The van der Waals surface area contributed by atoms with Crippen molar-refractivity contribution >= 4 is 17.8 Å². The number of methoxy groups -OCH3 is 2. The maximum atomic E-state index is 14.4. The second kappa shape index (κ2) is 18.6. The summed E-state index contributed by atoms with van der Waals surface area (Å²) in [5.41, 5.74) is 6.56. The molecule has 2 bridgehead atoms. The third-order valence-corrected chi connectivity index (χ3v) is 16.3. The normalized spacial score (nSPS) is 40.0. The summed E-state index contributed by atoms with van der Waals surface area (Å²) in [4.78, 5) is 50.2. The lowest BCUT2D eigenvalue weighted by Gasteiger charge is -2.62. The van der Waals surface area contributed by atoms with Crippen molar-refractivity contribution in [3.8, 4) is 0 Å². The predicted molar refractivity (Wildman–Crippen MR) is 216 cm³/mol. The van der Waals surface area contributed by atoms with Gasteiger partial charge in [-0.1, -0.05) is 59.3 Å². The molecule has 1 saturated heterocycles. The summed E-state index contributed by atoms with van der Waals surface area (Å²) >= 11 is 0. The summed E-state index contributed by atoms with van der Waals surface area (Å²) in [6.07, 6.45) is 12.7. The highest BCUT2D eigenvalue weighted by Crippen LogP contribution is 2.61. The maximum absolute atomic E-state index is 14.4. The predicted octanol–water partition coefficient (Wildman–Crippen LogP) is 4.52. The average molecular weight is 788 g/mol. The molecule has 0 radical (unpaired) electrons. The summed E-state index contributed by atoms with van der Waals surface area (Å²) in [7, 11) is 7.40. The summed E-state index contributed by atoms with van der Waals surface area (Å²) < 4.78 is 11.6. The number of nitrogens with zero attached hydrogens (tertiary/aromatic N) is 2. The molecule has 7 unspecified atom stereocenters. The molecule has 6 saturated carbocycles. The Morgan fingerprint density at radius 2 is 1.71 bits per heavy atom. The number of ether oxygens (including phenoxy) is 2. The molecular formula is C44H77N5O7. The van der Waals surface area contributed by atoms with Crippen LogP contribution >= 0.6 is 0 Å². The molecule has 2 amide bonds. The minimum atomic E-state index is -0.771. The molecule has 0 aromatic heterocycles. The molecule has 6 aliphatic carbocycles. The quantitative estimate of drug-likeness (QED) is 0.185.